The number of nitrogens with zero attached hydrogens (tertiary/aromatic N) is 3. The van der Waals surface area contributed by atoms with E-state index in [1.54, 1.807) is 11.3 Å². The highest BCUT2D eigenvalue weighted by Crippen LogP contribution is 2.34. The first-order chi connectivity index (χ1) is 9.56. The first-order valence-corrected chi connectivity index (χ1v) is 8.25. The van der Waals surface area contributed by atoms with E-state index in [-0.39, 0.29) is 30.7 Å². The minimum absolute atomic E-state index is 0. The van der Waals surface area contributed by atoms with Gasteiger partial charge in [0.1, 0.15) is 4.83 Å². The third-order valence-electron chi connectivity index (χ3n) is 3.57. The molecule has 0 aromatic carbocycles. The van der Waals surface area contributed by atoms with Crippen LogP contribution < -0.4 is 10.2 Å². The summed E-state index contributed by atoms with van der Waals surface area (Å²) in [6.45, 7) is 1.89. The topological polar surface area (TPSA) is 48.5 Å². The van der Waals surface area contributed by atoms with Crippen LogP contribution in [0.15, 0.2) is 6.07 Å². The van der Waals surface area contributed by atoms with E-state index in [9.17, 15) is 4.79 Å². The smallest absolute Gasteiger partial charge is 0.264 e. The molecule has 1 fully saturated rings. The van der Waals surface area contributed by atoms with Gasteiger partial charge in [0.2, 0.25) is 0 Å². The number of likely N-dealkylation sites (N-methyl/N-ethyl adjacent to an activating group) is 1. The number of nitrogens with one attached hydrogen (secondary N) is 1. The van der Waals surface area contributed by atoms with E-state index in [4.69, 9.17) is 0 Å². The van der Waals surface area contributed by atoms with Crippen LogP contribution >= 0.6 is 47.5 Å². The van der Waals surface area contributed by atoms with Gasteiger partial charge < -0.3 is 15.1 Å². The zero-order valence-electron chi connectivity index (χ0n) is 12.7. The van der Waals surface area contributed by atoms with Crippen molar-refractivity contribution in [2.24, 2.45) is 0 Å². The number of thiophene rings is 1. The van der Waals surface area contributed by atoms with Crippen LogP contribution in [0, 0.1) is 0 Å². The number of hydrogen-bond donors (Lipinski definition) is 1. The molecule has 3 heterocycles. The molecule has 1 saturated heterocycles. The Hall–Kier alpha value is -0.600. The van der Waals surface area contributed by atoms with Crippen molar-refractivity contribution in [3.05, 3.63) is 10.9 Å². The fraction of sp³-hybridized carbons (Fsp3) is 0.538. The largest absolute Gasteiger partial charge is 0.354 e. The van der Waals surface area contributed by atoms with E-state index < -0.39 is 0 Å². The summed E-state index contributed by atoms with van der Waals surface area (Å²) in [4.78, 5) is 22.7. The lowest BCUT2D eigenvalue weighted by molar-refractivity contribution is 0.0749. The zero-order chi connectivity index (χ0) is 14.3. The van der Waals surface area contributed by atoms with Crippen LogP contribution in [0.4, 0.5) is 5.13 Å². The molecule has 9 heteroatoms. The van der Waals surface area contributed by atoms with E-state index in [1.165, 1.54) is 11.3 Å². The van der Waals surface area contributed by atoms with Crippen molar-refractivity contribution in [3.63, 3.8) is 0 Å². The van der Waals surface area contributed by atoms with Gasteiger partial charge >= 0.3 is 0 Å². The second kappa shape index (κ2) is 7.79. The second-order valence-corrected chi connectivity index (χ2v) is 7.27. The first kappa shape index (κ1) is 19.4. The molecule has 1 amide bonds. The molecule has 22 heavy (non-hydrogen) atoms. The van der Waals surface area contributed by atoms with Gasteiger partial charge in [0.15, 0.2) is 5.13 Å². The van der Waals surface area contributed by atoms with Crippen molar-refractivity contribution in [2.45, 2.75) is 12.5 Å². The van der Waals surface area contributed by atoms with Gasteiger partial charge in [-0.05, 0) is 19.0 Å². The molecular weight excluding hydrogens is 363 g/mol. The van der Waals surface area contributed by atoms with Gasteiger partial charge in [-0.3, -0.25) is 4.79 Å². The normalized spacial score (nSPS) is 17.0. The Bertz CT molecular complexity index is 606. The highest BCUT2D eigenvalue weighted by Gasteiger charge is 2.25. The van der Waals surface area contributed by atoms with Crippen molar-refractivity contribution in [2.75, 3.05) is 39.1 Å². The molecule has 1 aliphatic heterocycles. The van der Waals surface area contributed by atoms with Crippen LogP contribution in [0.25, 0.3) is 9.53 Å². The van der Waals surface area contributed by atoms with Gasteiger partial charge in [-0.2, -0.15) is 0 Å². The number of hydrogen-bond acceptors (Lipinski definition) is 6. The highest BCUT2D eigenvalue weighted by atomic mass is 35.5. The molecule has 1 atom stereocenters. The third kappa shape index (κ3) is 3.65. The fourth-order valence-corrected chi connectivity index (χ4v) is 4.45. The van der Waals surface area contributed by atoms with Crippen LogP contribution in [-0.2, 0) is 0 Å². The Morgan fingerprint density at radius 3 is 2.59 bits per heavy atom. The van der Waals surface area contributed by atoms with Crippen molar-refractivity contribution in [3.8, 4) is 0 Å². The molecule has 0 saturated carbocycles. The lowest BCUT2D eigenvalue weighted by atomic mass is 10.2. The van der Waals surface area contributed by atoms with Crippen LogP contribution in [0.5, 0.6) is 0 Å². The number of rotatable bonds is 3. The summed E-state index contributed by atoms with van der Waals surface area (Å²) >= 11 is 3.12. The summed E-state index contributed by atoms with van der Waals surface area (Å²) in [5.41, 5.74) is 0. The van der Waals surface area contributed by atoms with Gasteiger partial charge in [0, 0.05) is 33.7 Å². The molecule has 0 bridgehead atoms. The minimum atomic E-state index is 0. The number of carbonyl (C=O) groups is 1. The summed E-state index contributed by atoms with van der Waals surface area (Å²) in [5, 5.41) is 4.28. The molecule has 0 spiro atoms. The van der Waals surface area contributed by atoms with Crippen molar-refractivity contribution in [1.29, 1.82) is 0 Å². The highest BCUT2D eigenvalue weighted by molar-refractivity contribution is 7.29. The van der Waals surface area contributed by atoms with Crippen molar-refractivity contribution >= 4 is 68.1 Å². The predicted octanol–water partition coefficient (Wildman–Crippen LogP) is 2.70. The molecule has 1 N–H and O–H groups in total. The molecule has 124 valence electrons. The standard InChI is InChI=1S/C13H18N4OS2.2ClH/c1-16(2)13-15-11-9(20-13)6-10(19-11)12(18)17(3)8-4-5-14-7-8;;/h6,8,14H,4-5,7H2,1-3H3;2*1H. The zero-order valence-corrected chi connectivity index (χ0v) is 15.9. The number of amides is 1. The van der Waals surface area contributed by atoms with Crippen molar-refractivity contribution < 1.29 is 4.79 Å². The summed E-state index contributed by atoms with van der Waals surface area (Å²) < 4.78 is 1.10. The average molecular weight is 383 g/mol. The van der Waals surface area contributed by atoms with Gasteiger partial charge in [-0.1, -0.05) is 11.3 Å². The number of thiazole rings is 1. The van der Waals surface area contributed by atoms with Gasteiger partial charge in [-0.15, -0.1) is 36.2 Å². The van der Waals surface area contributed by atoms with Gasteiger partial charge in [0.05, 0.1) is 9.58 Å². The minimum Gasteiger partial charge on any atom is -0.354 e. The van der Waals surface area contributed by atoms with Crippen LogP contribution in [-0.4, -0.2) is 56.1 Å². The molecule has 1 unspecified atom stereocenters. The molecule has 0 radical (unpaired) electrons. The molecule has 0 aliphatic carbocycles. The number of aromatic nitrogens is 1. The lowest BCUT2D eigenvalue weighted by Gasteiger charge is -2.22. The lowest BCUT2D eigenvalue weighted by Crippen LogP contribution is -2.37. The Labute approximate surface area is 150 Å². The van der Waals surface area contributed by atoms with E-state index in [1.807, 2.05) is 37.0 Å². The summed E-state index contributed by atoms with van der Waals surface area (Å²) in [7, 11) is 5.86. The maximum atomic E-state index is 12.5. The summed E-state index contributed by atoms with van der Waals surface area (Å²) in [5.74, 6) is 0.111. The predicted molar refractivity (Wildman–Crippen MR) is 99.7 cm³/mol. The molecule has 3 rings (SSSR count). The monoisotopic (exact) mass is 382 g/mol. The summed E-state index contributed by atoms with van der Waals surface area (Å²) in [6, 6.07) is 2.29. The van der Waals surface area contributed by atoms with E-state index in [2.05, 4.69) is 10.3 Å². The molecule has 2 aromatic heterocycles. The second-order valence-electron chi connectivity index (χ2n) is 5.23. The van der Waals surface area contributed by atoms with Crippen LogP contribution in [0.1, 0.15) is 16.1 Å². The Morgan fingerprint density at radius 2 is 2.05 bits per heavy atom. The van der Waals surface area contributed by atoms with E-state index in [0.717, 1.165) is 39.0 Å². The maximum absolute atomic E-state index is 12.5. The maximum Gasteiger partial charge on any atom is 0.264 e. The van der Waals surface area contributed by atoms with E-state index >= 15 is 0 Å². The van der Waals surface area contributed by atoms with Crippen molar-refractivity contribution in [1.82, 2.24) is 15.2 Å². The van der Waals surface area contributed by atoms with Crippen LogP contribution in [0.2, 0.25) is 0 Å². The molecule has 2 aromatic rings. The Balaban J connectivity index is 0.00000121. The van der Waals surface area contributed by atoms with E-state index in [0.29, 0.717) is 6.04 Å². The molecule has 1 aliphatic rings. The Morgan fingerprint density at radius 1 is 1.32 bits per heavy atom. The number of anilines is 1. The average Bonchev–Trinajstić information content (AvgIpc) is 3.11. The van der Waals surface area contributed by atoms with Gasteiger partial charge in [-0.25, -0.2) is 4.98 Å². The first-order valence-electron chi connectivity index (χ1n) is 6.62. The van der Waals surface area contributed by atoms with Gasteiger partial charge in [0.25, 0.3) is 5.91 Å². The SMILES string of the molecule is CN(C)c1nc2sc(C(=O)N(C)C3CCNC3)cc2s1.Cl.Cl. The quantitative estimate of drug-likeness (QED) is 0.886. The summed E-state index contributed by atoms with van der Waals surface area (Å²) in [6.07, 6.45) is 1.03. The Kier molecular flexibility index (Phi) is 6.88. The number of halogens is 2. The molecule has 5 nitrogen and oxygen atoms in total. The van der Waals surface area contributed by atoms with Crippen LogP contribution in [0.3, 0.4) is 0 Å². The number of fused-ring (bicyclic) bond motifs is 1. The fourth-order valence-electron chi connectivity index (χ4n) is 2.33. The third-order valence-corrected chi connectivity index (χ3v) is 5.89. The number of carbonyl (C=O) groups excluding carboxylic acids is 1. The molecular formula is C13H20Cl2N4OS2.